The molecule has 2 aromatic carbocycles. The average Bonchev–Trinajstić information content (AvgIpc) is 2.65. The lowest BCUT2D eigenvalue weighted by Gasteiger charge is -2.11. The highest BCUT2D eigenvalue weighted by molar-refractivity contribution is 5.94. The van der Waals surface area contributed by atoms with Crippen molar-refractivity contribution in [3.05, 3.63) is 65.2 Å². The van der Waals surface area contributed by atoms with Crippen LogP contribution in [0.15, 0.2) is 48.5 Å². The van der Waals surface area contributed by atoms with Crippen molar-refractivity contribution in [1.82, 2.24) is 4.98 Å². The Balaban J connectivity index is 1.86. The van der Waals surface area contributed by atoms with Crippen LogP contribution in [-0.2, 0) is 13.2 Å². The first-order valence-electron chi connectivity index (χ1n) is 7.75. The first-order chi connectivity index (χ1) is 12.1. The van der Waals surface area contributed by atoms with E-state index in [-0.39, 0.29) is 12.2 Å². The van der Waals surface area contributed by atoms with Gasteiger partial charge in [-0.25, -0.2) is 9.78 Å². The van der Waals surface area contributed by atoms with Crippen LogP contribution < -0.4 is 10.1 Å². The molecule has 1 heterocycles. The predicted molar refractivity (Wildman–Crippen MR) is 94.9 cm³/mol. The van der Waals surface area contributed by atoms with E-state index in [2.05, 4.69) is 10.3 Å². The molecule has 0 unspecified atom stereocenters. The van der Waals surface area contributed by atoms with Crippen molar-refractivity contribution in [3.63, 3.8) is 0 Å². The average molecular weight is 338 g/mol. The van der Waals surface area contributed by atoms with Gasteiger partial charge in [0.25, 0.3) is 0 Å². The number of aromatic carboxylic acids is 1. The van der Waals surface area contributed by atoms with Crippen LogP contribution in [-0.4, -0.2) is 28.3 Å². The number of aromatic nitrogens is 1. The Hall–Kier alpha value is -3.12. The normalized spacial score (nSPS) is 10.6. The number of nitrogens with zero attached hydrogens (tertiary/aromatic N) is 1. The fourth-order valence-electron chi connectivity index (χ4n) is 2.59. The third kappa shape index (κ3) is 3.70. The second-order valence-corrected chi connectivity index (χ2v) is 5.56. The Bertz CT molecular complexity index is 907. The van der Waals surface area contributed by atoms with E-state index in [4.69, 9.17) is 9.84 Å². The van der Waals surface area contributed by atoms with Crippen LogP contribution in [0.2, 0.25) is 0 Å². The Kier molecular flexibility index (Phi) is 4.81. The molecule has 3 aromatic rings. The number of carboxylic acid groups (broad SMARTS) is 1. The monoisotopic (exact) mass is 338 g/mol. The Morgan fingerprint density at radius 1 is 1.16 bits per heavy atom. The van der Waals surface area contributed by atoms with Crippen LogP contribution >= 0.6 is 0 Å². The van der Waals surface area contributed by atoms with Crippen LogP contribution in [0.4, 0.5) is 5.82 Å². The molecule has 0 amide bonds. The molecule has 6 heteroatoms. The summed E-state index contributed by atoms with van der Waals surface area (Å²) in [6, 6.07) is 14.1. The Labute approximate surface area is 144 Å². The van der Waals surface area contributed by atoms with Gasteiger partial charge in [-0.1, -0.05) is 12.1 Å². The summed E-state index contributed by atoms with van der Waals surface area (Å²) in [6.07, 6.45) is 0. The molecule has 25 heavy (non-hydrogen) atoms. The number of hydrogen-bond donors (Lipinski definition) is 3. The highest BCUT2D eigenvalue weighted by Gasteiger charge is 2.09. The summed E-state index contributed by atoms with van der Waals surface area (Å²) in [5.41, 5.74) is 2.50. The van der Waals surface area contributed by atoms with E-state index >= 15 is 0 Å². The van der Waals surface area contributed by atoms with Crippen molar-refractivity contribution in [1.29, 1.82) is 0 Å². The number of rotatable bonds is 6. The number of carbonyl (C=O) groups is 1. The highest BCUT2D eigenvalue weighted by Crippen LogP contribution is 2.23. The van der Waals surface area contributed by atoms with E-state index in [0.717, 1.165) is 11.3 Å². The lowest BCUT2D eigenvalue weighted by atomic mass is 10.1. The zero-order valence-corrected chi connectivity index (χ0v) is 13.7. The van der Waals surface area contributed by atoms with Crippen molar-refractivity contribution in [3.8, 4) is 5.75 Å². The molecule has 0 saturated carbocycles. The maximum atomic E-state index is 11.1. The number of anilines is 1. The van der Waals surface area contributed by atoms with Crippen molar-refractivity contribution in [2.45, 2.75) is 13.2 Å². The third-order valence-electron chi connectivity index (χ3n) is 3.94. The number of ether oxygens (including phenoxy) is 1. The summed E-state index contributed by atoms with van der Waals surface area (Å²) in [6.45, 7) is 0.375. The first kappa shape index (κ1) is 16.7. The molecular formula is C19H18N2O4. The fourth-order valence-corrected chi connectivity index (χ4v) is 2.59. The van der Waals surface area contributed by atoms with Gasteiger partial charge in [0.15, 0.2) is 0 Å². The zero-order valence-electron chi connectivity index (χ0n) is 13.7. The molecule has 0 aliphatic rings. The number of hydrogen-bond acceptors (Lipinski definition) is 5. The number of nitrogens with one attached hydrogen (secondary N) is 1. The number of fused-ring (bicyclic) bond motifs is 1. The number of methoxy groups -OCH3 is 1. The van der Waals surface area contributed by atoms with Crippen LogP contribution in [0.25, 0.3) is 10.9 Å². The predicted octanol–water partition coefficient (Wildman–Crippen LogP) is 3.05. The topological polar surface area (TPSA) is 91.7 Å². The smallest absolute Gasteiger partial charge is 0.335 e. The molecule has 0 saturated heterocycles. The van der Waals surface area contributed by atoms with E-state index in [1.807, 2.05) is 24.3 Å². The summed E-state index contributed by atoms with van der Waals surface area (Å²) in [5, 5.41) is 22.6. The van der Waals surface area contributed by atoms with E-state index in [9.17, 15) is 9.90 Å². The van der Waals surface area contributed by atoms with Crippen molar-refractivity contribution in [2.24, 2.45) is 0 Å². The van der Waals surface area contributed by atoms with E-state index < -0.39 is 5.97 Å². The molecule has 0 atom stereocenters. The van der Waals surface area contributed by atoms with Crippen molar-refractivity contribution in [2.75, 3.05) is 12.4 Å². The summed E-state index contributed by atoms with van der Waals surface area (Å²) < 4.78 is 5.13. The Morgan fingerprint density at radius 3 is 2.56 bits per heavy atom. The van der Waals surface area contributed by atoms with E-state index in [0.29, 0.717) is 28.8 Å². The maximum absolute atomic E-state index is 11.1. The number of benzene rings is 2. The highest BCUT2D eigenvalue weighted by atomic mass is 16.5. The molecule has 0 bridgehead atoms. The zero-order chi connectivity index (χ0) is 17.8. The number of aliphatic hydroxyl groups is 1. The van der Waals surface area contributed by atoms with Gasteiger partial charge in [-0.05, 0) is 47.5 Å². The molecule has 0 fully saturated rings. The minimum atomic E-state index is -1.01. The van der Waals surface area contributed by atoms with Gasteiger partial charge >= 0.3 is 5.97 Å². The maximum Gasteiger partial charge on any atom is 0.335 e. The summed E-state index contributed by atoms with van der Waals surface area (Å²) in [4.78, 5) is 15.6. The number of pyridine rings is 1. The molecule has 0 spiro atoms. The van der Waals surface area contributed by atoms with Gasteiger partial charge in [-0.3, -0.25) is 0 Å². The van der Waals surface area contributed by atoms with Crippen LogP contribution in [0.3, 0.4) is 0 Å². The standard InChI is InChI=1S/C19H18N2O4/c1-25-15-5-2-12(3-6-15)10-20-18-9-14(11-22)16-8-13(19(23)24)4-7-17(16)21-18/h2-9,22H,10-11H2,1H3,(H,20,21)(H,23,24). The van der Waals surface area contributed by atoms with E-state index in [1.165, 1.54) is 12.1 Å². The molecule has 128 valence electrons. The van der Waals surface area contributed by atoms with Gasteiger partial charge in [0.2, 0.25) is 0 Å². The minimum Gasteiger partial charge on any atom is -0.497 e. The Morgan fingerprint density at radius 2 is 1.92 bits per heavy atom. The second-order valence-electron chi connectivity index (χ2n) is 5.56. The summed E-state index contributed by atoms with van der Waals surface area (Å²) in [7, 11) is 1.62. The second kappa shape index (κ2) is 7.19. The molecule has 1 aromatic heterocycles. The molecule has 6 nitrogen and oxygen atoms in total. The van der Waals surface area contributed by atoms with Gasteiger partial charge < -0.3 is 20.3 Å². The van der Waals surface area contributed by atoms with Crippen LogP contribution in [0.5, 0.6) is 5.75 Å². The largest absolute Gasteiger partial charge is 0.497 e. The lowest BCUT2D eigenvalue weighted by Crippen LogP contribution is -2.04. The van der Waals surface area contributed by atoms with Gasteiger partial charge in [-0.2, -0.15) is 0 Å². The van der Waals surface area contributed by atoms with Gasteiger partial charge in [0.1, 0.15) is 11.6 Å². The van der Waals surface area contributed by atoms with Crippen LogP contribution in [0.1, 0.15) is 21.5 Å². The SMILES string of the molecule is COc1ccc(CNc2cc(CO)c3cc(C(=O)O)ccc3n2)cc1. The van der Waals surface area contributed by atoms with Crippen molar-refractivity contribution < 1.29 is 19.7 Å². The number of aliphatic hydroxyl groups excluding tert-OH is 1. The fraction of sp³-hybridized carbons (Fsp3) is 0.158. The van der Waals surface area contributed by atoms with Gasteiger partial charge in [0.05, 0.1) is 24.8 Å². The first-order valence-corrected chi connectivity index (χ1v) is 7.75. The van der Waals surface area contributed by atoms with Crippen molar-refractivity contribution >= 4 is 22.7 Å². The molecule has 3 rings (SSSR count). The number of carboxylic acids is 1. The lowest BCUT2D eigenvalue weighted by molar-refractivity contribution is 0.0697. The van der Waals surface area contributed by atoms with Gasteiger partial charge in [0, 0.05) is 11.9 Å². The van der Waals surface area contributed by atoms with Gasteiger partial charge in [-0.15, -0.1) is 0 Å². The quantitative estimate of drug-likeness (QED) is 0.640. The third-order valence-corrected chi connectivity index (χ3v) is 3.94. The molecule has 0 aliphatic carbocycles. The molecule has 0 radical (unpaired) electrons. The summed E-state index contributed by atoms with van der Waals surface area (Å²) in [5.74, 6) is 0.410. The molecule has 3 N–H and O–H groups in total. The molecular weight excluding hydrogens is 320 g/mol. The minimum absolute atomic E-state index is 0.169. The van der Waals surface area contributed by atoms with E-state index in [1.54, 1.807) is 19.2 Å². The summed E-state index contributed by atoms with van der Waals surface area (Å²) >= 11 is 0. The molecule has 0 aliphatic heterocycles. The van der Waals surface area contributed by atoms with Crippen LogP contribution in [0, 0.1) is 0 Å².